The minimum Gasteiger partial charge on any atom is -0.390 e. The Morgan fingerprint density at radius 2 is 0.311 bits per heavy atom. The van der Waals surface area contributed by atoms with E-state index in [2.05, 4.69) is 14.2 Å². The second kappa shape index (κ2) is 15.5. The molecule has 0 saturated heterocycles. The molecule has 0 amide bonds. The normalized spacial score (nSPS) is 50.2. The molecule has 12 saturated carbocycles. The van der Waals surface area contributed by atoms with Gasteiger partial charge >= 0.3 is 158 Å². The summed E-state index contributed by atoms with van der Waals surface area (Å²) in [6.07, 6.45) is -19.9. The van der Waals surface area contributed by atoms with Crippen LogP contribution in [0.15, 0.2) is 0 Å². The van der Waals surface area contributed by atoms with Gasteiger partial charge in [0.05, 0.1) is 43.5 Å². The number of ether oxygens (including phenoxy) is 3. The highest BCUT2D eigenvalue weighted by atomic mass is 19.4. The van der Waals surface area contributed by atoms with Crippen molar-refractivity contribution in [1.82, 2.24) is 0 Å². The summed E-state index contributed by atoms with van der Waals surface area (Å²) in [7, 11) is 0. The van der Waals surface area contributed by atoms with Crippen molar-refractivity contribution < 1.29 is 227 Å². The van der Waals surface area contributed by atoms with Crippen molar-refractivity contribution in [2.45, 2.75) is 206 Å². The average Bonchev–Trinajstić information content (AvgIpc) is 0.606. The largest absolute Gasteiger partial charge is 0.390 e. The number of aliphatic hydroxyl groups excluding tert-OH is 3. The van der Waals surface area contributed by atoms with Gasteiger partial charge in [-0.2, -0.15) is 158 Å². The lowest BCUT2D eigenvalue weighted by Crippen LogP contribution is -3.10. The first-order valence-corrected chi connectivity index (χ1v) is 22.9. The first-order valence-electron chi connectivity index (χ1n) is 22.9. The molecule has 12 rings (SSSR count). The van der Waals surface area contributed by atoms with Crippen molar-refractivity contribution in [3.63, 3.8) is 0 Å². The van der Waals surface area contributed by atoms with E-state index >= 15 is 198 Å². The third-order valence-electron chi connectivity index (χ3n) is 19.5. The highest BCUT2D eigenvalue weighted by Gasteiger charge is 3.27. The summed E-state index contributed by atoms with van der Waals surface area (Å²) in [5.74, 6) is -161. The van der Waals surface area contributed by atoms with Gasteiger partial charge in [-0.15, -0.1) is 0 Å². The van der Waals surface area contributed by atoms with Gasteiger partial charge in [0.1, 0.15) is 0 Å². The number of aliphatic hydroxyl groups is 3. The molecule has 3 N–H and O–H groups in total. The van der Waals surface area contributed by atoms with Crippen LogP contribution in [0.3, 0.4) is 0 Å². The molecule has 12 aliphatic carbocycles. The molecule has 0 heterocycles. The maximum Gasteiger partial charge on any atom is 0.339 e. The quantitative estimate of drug-likeness (QED) is 0.159. The zero-order valence-electron chi connectivity index (χ0n) is 40.6. The molecular weight excluding hydrogens is 1420 g/mol. The van der Waals surface area contributed by atoms with Gasteiger partial charge in [-0.3, -0.25) is 0 Å². The summed E-state index contributed by atoms with van der Waals surface area (Å²) in [5, 5.41) is 33.4. The Balaban J connectivity index is 1.27. The van der Waals surface area contributed by atoms with E-state index in [0.717, 1.165) is 0 Å². The fraction of sp³-hybridized carbons (Fsp3) is 1.00. The molecule has 524 valence electrons. The van der Waals surface area contributed by atoms with Crippen LogP contribution in [0.4, 0.5) is 198 Å². The maximum atomic E-state index is 16.0. The maximum absolute atomic E-state index is 16.0. The second-order valence-electron chi connectivity index (χ2n) is 22.3. The van der Waals surface area contributed by atoms with Crippen LogP contribution in [-0.2, 0) is 14.2 Å². The van der Waals surface area contributed by atoms with Crippen LogP contribution in [0.25, 0.3) is 0 Å². The highest BCUT2D eigenvalue weighted by molar-refractivity contribution is 5.58. The van der Waals surface area contributed by atoms with Gasteiger partial charge in [0.15, 0.2) is 0 Å². The van der Waals surface area contributed by atoms with E-state index in [9.17, 15) is 15.3 Å². The van der Waals surface area contributed by atoms with Gasteiger partial charge in [0.25, 0.3) is 16.8 Å². The molecule has 0 aliphatic heterocycles. The van der Waals surface area contributed by atoms with Crippen LogP contribution in [0.5, 0.6) is 0 Å². The van der Waals surface area contributed by atoms with Gasteiger partial charge < -0.3 is 29.5 Å². The molecule has 0 radical (unpaired) electrons. The second-order valence-corrected chi connectivity index (χ2v) is 22.3. The van der Waals surface area contributed by atoms with Gasteiger partial charge in [0.2, 0.25) is 0 Å². The Bertz CT molecular complexity index is 2460. The van der Waals surface area contributed by atoms with Crippen molar-refractivity contribution in [2.24, 2.45) is 5.41 Å². The molecule has 12 bridgehead atoms. The summed E-state index contributed by atoms with van der Waals surface area (Å²) >= 11 is 0. The summed E-state index contributed by atoms with van der Waals surface area (Å²) in [5.41, 5.74) is -112. The Labute approximate surface area is 459 Å². The summed E-state index contributed by atoms with van der Waals surface area (Å²) in [6, 6.07) is 0. The number of halogens is 45. The van der Waals surface area contributed by atoms with Crippen LogP contribution < -0.4 is 0 Å². The van der Waals surface area contributed by atoms with E-state index < -0.39 is 231 Å². The fourth-order valence-corrected chi connectivity index (χ4v) is 14.7. The summed E-state index contributed by atoms with van der Waals surface area (Å²) < 4.78 is 713. The molecule has 12 fully saturated rings. The lowest BCUT2D eigenvalue weighted by atomic mass is 9.40. The smallest absolute Gasteiger partial charge is 0.339 e. The molecule has 51 heteroatoms. The van der Waals surface area contributed by atoms with Crippen LogP contribution >= 0.6 is 0 Å². The first-order chi connectivity index (χ1) is 38.9. The number of hydrogen-bond acceptors (Lipinski definition) is 6. The molecule has 3 unspecified atom stereocenters. The van der Waals surface area contributed by atoms with E-state index in [1.54, 1.807) is 0 Å². The molecule has 0 aromatic carbocycles. The number of hydrogen-bond donors (Lipinski definition) is 3. The zero-order chi connectivity index (χ0) is 71.2. The summed E-state index contributed by atoms with van der Waals surface area (Å²) in [4.78, 5) is 0. The minimum absolute atomic E-state index is 0.675. The topological polar surface area (TPSA) is 88.4 Å². The lowest BCUT2D eigenvalue weighted by molar-refractivity contribution is -0.619. The molecule has 6 nitrogen and oxygen atoms in total. The van der Waals surface area contributed by atoms with Crippen molar-refractivity contribution in [3.8, 4) is 0 Å². The monoisotopic (exact) mass is 1440 g/mol. The molecule has 0 spiro atoms. The lowest BCUT2D eigenvalue weighted by Gasteiger charge is -2.74. The van der Waals surface area contributed by atoms with Gasteiger partial charge in [-0.25, -0.2) is 39.5 Å². The van der Waals surface area contributed by atoms with Crippen molar-refractivity contribution in [3.05, 3.63) is 0 Å². The van der Waals surface area contributed by atoms with Crippen LogP contribution in [0, 0.1) is 5.41 Å². The molecule has 12 aliphatic rings. The highest BCUT2D eigenvalue weighted by Crippen LogP contribution is 2.93. The molecule has 0 aromatic rings. The number of alkyl halides is 45. The van der Waals surface area contributed by atoms with Gasteiger partial charge in [-0.05, 0) is 6.42 Å². The van der Waals surface area contributed by atoms with E-state index in [1.165, 1.54) is 0 Å². The fourth-order valence-electron chi connectivity index (χ4n) is 14.7. The Kier molecular flexibility index (Phi) is 12.2. The zero-order valence-corrected chi connectivity index (χ0v) is 40.6. The van der Waals surface area contributed by atoms with Crippen LogP contribution in [0.2, 0.25) is 0 Å². The van der Waals surface area contributed by atoms with Crippen LogP contribution in [0.1, 0.15) is 13.3 Å². The SMILES string of the molecule is CCC(C(O)COC12C(F)(F)C3(F)C(F)(F)C(F)(C(F)(F)C(F)(C3(F)F)C1(F)F)C2(F)F)(C(O)COC12C(F)(F)C3(F)C(F)(F)C(F)(C(F)(F)C(F)(C3(F)F)C1(F)F)C2(F)F)C(O)COC12C(F)(F)C3(F)C(F)(F)C(F)(C(F)(F)C(F)(C3(F)F)C1(F)F)C2(F)F. The van der Waals surface area contributed by atoms with E-state index in [1.807, 2.05) is 0 Å². The standard InChI is InChI=1S/C39H17F45O6/c1-2-9(6(85)3-88-19-31(67,68)10(40)22(49,50)11(41,32(19,69)70)24(53,54)12(42,23(10,51)52)33(19,71)72,7(86)4-89-20-34(73,74)13(43)25(55,56)14(44,35(20,75)76)27(59,60)15(45,26(13,57)58)36(20,77)78)8(87)5-90-21-37(79,80)16(46)28(61,62)17(47,38(21,81)82)30(65,66)18(48,29(16,63)64)39(21,83)84/h6-8,85-87H,2-5H2,1H3. The molecule has 90 heavy (non-hydrogen) atoms. The number of rotatable bonds is 13. The Morgan fingerprint density at radius 3 is 0.400 bits per heavy atom. The first kappa shape index (κ1) is 70.9. The molecule has 3 atom stereocenters. The van der Waals surface area contributed by atoms with E-state index in [-0.39, 0.29) is 0 Å². The van der Waals surface area contributed by atoms with Crippen molar-refractivity contribution in [2.75, 3.05) is 19.8 Å². The molecular formula is C39H17F45O6. The van der Waals surface area contributed by atoms with Gasteiger partial charge in [-0.1, -0.05) is 6.92 Å². The average molecular weight is 1440 g/mol. The molecule has 0 aromatic heterocycles. The van der Waals surface area contributed by atoms with Crippen LogP contribution in [-0.4, -0.2) is 228 Å². The van der Waals surface area contributed by atoms with E-state index in [4.69, 9.17) is 0 Å². The Hall–Kier alpha value is -3.39. The Morgan fingerprint density at radius 1 is 0.211 bits per heavy atom. The predicted octanol–water partition coefficient (Wildman–Crippen LogP) is 11.7. The summed E-state index contributed by atoms with van der Waals surface area (Å²) in [6.45, 7) is -14.5. The third-order valence-corrected chi connectivity index (χ3v) is 19.5. The van der Waals surface area contributed by atoms with Crippen molar-refractivity contribution in [1.29, 1.82) is 0 Å². The van der Waals surface area contributed by atoms with Crippen molar-refractivity contribution >= 4 is 0 Å². The minimum atomic E-state index is -9.01. The third kappa shape index (κ3) is 4.57. The van der Waals surface area contributed by atoms with E-state index in [0.29, 0.717) is 0 Å². The van der Waals surface area contributed by atoms with Gasteiger partial charge in [0, 0.05) is 0 Å². The predicted molar refractivity (Wildman–Crippen MR) is 180 cm³/mol.